The molecule has 0 saturated carbocycles. The summed E-state index contributed by atoms with van der Waals surface area (Å²) in [6.07, 6.45) is 0. The van der Waals surface area contributed by atoms with Gasteiger partial charge in [0.1, 0.15) is 5.75 Å². The Balaban J connectivity index is 0.000000192. The molecule has 53 heavy (non-hydrogen) atoms. The van der Waals surface area contributed by atoms with Crippen LogP contribution in [-0.2, 0) is 23.3 Å². The summed E-state index contributed by atoms with van der Waals surface area (Å²) in [6.45, 7) is 15.5. The average Bonchev–Trinajstić information content (AvgIpc) is 3.17. The van der Waals surface area contributed by atoms with Gasteiger partial charge in [0.25, 0.3) is 0 Å². The maximum Gasteiger partial charge on any atom is 0.160 e. The van der Waals surface area contributed by atoms with E-state index in [-0.39, 0.29) is 11.2 Å². The predicted molar refractivity (Wildman–Crippen MR) is 221 cm³/mol. The van der Waals surface area contributed by atoms with Gasteiger partial charge in [0.2, 0.25) is 0 Å². The minimum atomic E-state index is -0.553. The van der Waals surface area contributed by atoms with Crippen LogP contribution in [-0.4, -0.2) is 21.7 Å². The quantitative estimate of drug-likeness (QED) is 0.151. The number of phenolic OH excluding ortho intramolecular Hbond substituents is 2. The van der Waals surface area contributed by atoms with Crippen LogP contribution in [0.1, 0.15) is 75.6 Å². The van der Waals surface area contributed by atoms with Crippen molar-refractivity contribution in [2.24, 2.45) is 3.50 Å². The zero-order valence-electron chi connectivity index (χ0n) is 32.2. The van der Waals surface area contributed by atoms with Gasteiger partial charge in [-0.15, -0.1) is 0 Å². The Bertz CT molecular complexity index is 2020. The zero-order chi connectivity index (χ0) is 38.4. The van der Waals surface area contributed by atoms with Crippen molar-refractivity contribution in [3.63, 3.8) is 0 Å². The number of aryl methyl sites for hydroxylation is 1. The Hall–Kier alpha value is -4.92. The van der Waals surface area contributed by atoms with Crippen molar-refractivity contribution >= 4 is 10.1 Å². The van der Waals surface area contributed by atoms with Gasteiger partial charge in [0, 0.05) is 11.1 Å². The van der Waals surface area contributed by atoms with E-state index >= 15 is 0 Å². The molecule has 0 spiro atoms. The normalized spacial score (nSPS) is 10.8. The molecule has 2 N–H and O–H groups in total. The second kappa shape index (κ2) is 19.8. The van der Waals surface area contributed by atoms with Gasteiger partial charge in [0.05, 0.1) is 7.11 Å². The van der Waals surface area contributed by atoms with Gasteiger partial charge in [-0.05, 0) is 29.7 Å². The molecule has 0 amide bonds. The van der Waals surface area contributed by atoms with Crippen molar-refractivity contribution < 1.29 is 32.9 Å². The molecule has 0 heterocycles. The fourth-order valence-electron chi connectivity index (χ4n) is 5.81. The van der Waals surface area contributed by atoms with Crippen LogP contribution in [0.5, 0.6) is 17.2 Å². The number of rotatable bonds is 8. The van der Waals surface area contributed by atoms with Crippen molar-refractivity contribution in [1.82, 2.24) is 0 Å². The monoisotopic (exact) mass is 789 g/mol. The summed E-state index contributed by atoms with van der Waals surface area (Å²) in [5, 5.41) is 19.8. The van der Waals surface area contributed by atoms with Crippen LogP contribution in [0.4, 0.5) is 5.69 Å². The molecule has 0 aliphatic heterocycles. The van der Waals surface area contributed by atoms with E-state index in [1.165, 1.54) is 29.5 Å². The first-order valence-electron chi connectivity index (χ1n) is 18.1. The topological polar surface area (TPSA) is 62.0 Å². The van der Waals surface area contributed by atoms with Crippen LogP contribution in [0.3, 0.4) is 0 Å². The standard InChI is InChI=1S/C18H14O.C12H17N.C10H12.C8H10O2.Mo/c19-18-16(14-8-3-1-4-9-14)12-7-13-17(18)15-10-5-2-6-11-15;1-8(2)10-6-5-7-11(9(3)4)12(10)13;1-10(2,3)9-7-5-4-6-8-9;1-6-4-3-5-7(10-2)8(6)9;/h1-13,19H;5-9H,1-4H3;1,4-8H,2-3H3;3-5,9H,1-2H3;. The van der Waals surface area contributed by atoms with E-state index < -0.39 is 17.9 Å². The van der Waals surface area contributed by atoms with Crippen LogP contribution >= 0.6 is 0 Å². The number of methoxy groups -OCH3 is 1. The third-order valence-electron chi connectivity index (χ3n) is 8.98. The molecule has 0 unspecified atom stereocenters. The molecule has 6 aromatic carbocycles. The molecule has 0 aliphatic rings. The van der Waals surface area contributed by atoms with Gasteiger partial charge in [-0.25, -0.2) is 0 Å². The van der Waals surface area contributed by atoms with Crippen molar-refractivity contribution in [3.8, 4) is 39.5 Å². The molecule has 0 bridgehead atoms. The molecule has 6 aromatic rings. The number of ether oxygens (including phenoxy) is 1. The third kappa shape index (κ3) is 11.3. The van der Waals surface area contributed by atoms with Gasteiger partial charge >= 0.3 is 156 Å². The average molecular weight is 788 g/mol. The van der Waals surface area contributed by atoms with E-state index in [1.807, 2.05) is 97.9 Å². The van der Waals surface area contributed by atoms with E-state index in [0.29, 0.717) is 23.3 Å². The second-order valence-corrected chi connectivity index (χ2v) is 15.6. The predicted octanol–water partition coefficient (Wildman–Crippen LogP) is 13.0. The molecule has 0 fully saturated rings. The molecular formula is C48H53MoNO3. The molecule has 6 rings (SSSR count). The fourth-order valence-corrected chi connectivity index (χ4v) is 7.69. The number of phenols is 2. The van der Waals surface area contributed by atoms with Crippen molar-refractivity contribution in [2.45, 2.75) is 65.7 Å². The summed E-state index contributed by atoms with van der Waals surface area (Å²) in [5.41, 5.74) is 10.1. The van der Waals surface area contributed by atoms with E-state index in [9.17, 15) is 10.2 Å². The number of nitrogens with zero attached hydrogens (tertiary/aromatic N) is 1. The van der Waals surface area contributed by atoms with Crippen LogP contribution < -0.4 is 4.74 Å². The van der Waals surface area contributed by atoms with Crippen molar-refractivity contribution in [1.29, 1.82) is 0 Å². The maximum absolute atomic E-state index is 10.5. The van der Waals surface area contributed by atoms with Crippen LogP contribution in [0.15, 0.2) is 149 Å². The summed E-state index contributed by atoms with van der Waals surface area (Å²) < 4.78 is 12.5. The van der Waals surface area contributed by atoms with E-state index in [2.05, 4.69) is 94.5 Å². The van der Waals surface area contributed by atoms with Gasteiger partial charge in [-0.2, -0.15) is 0 Å². The minimum absolute atomic E-state index is 0.0811. The molecular weight excluding hydrogens is 734 g/mol. The fraction of sp³-hybridized carbons (Fsp3) is 0.229. The largest absolute Gasteiger partial charge is 0.507 e. The molecule has 0 radical (unpaired) electrons. The molecule has 274 valence electrons. The van der Waals surface area contributed by atoms with Crippen molar-refractivity contribution in [2.75, 3.05) is 7.11 Å². The summed E-state index contributed by atoms with van der Waals surface area (Å²) in [5.74, 6) is 2.11. The SMILES string of the molecule is CC(C)c1cccc(C(C)C)c1[N]=[Mo]=[CH]C(C)(C)c1ccccc1.COc1cccc(C)c1O.Oc1c(-c2ccccc2)cccc1-c1ccccc1. The Morgan fingerprint density at radius 3 is 1.49 bits per heavy atom. The van der Waals surface area contributed by atoms with Crippen LogP contribution in [0.2, 0.25) is 0 Å². The molecule has 0 saturated heterocycles. The first-order valence-corrected chi connectivity index (χ1v) is 20.1. The molecule has 4 nitrogen and oxygen atoms in total. The second-order valence-electron chi connectivity index (χ2n) is 14.1. The Morgan fingerprint density at radius 1 is 0.585 bits per heavy atom. The summed E-state index contributed by atoms with van der Waals surface area (Å²) >= 11 is -0.553. The number of benzene rings is 6. The van der Waals surface area contributed by atoms with Gasteiger partial charge in [-0.1, -0.05) is 91.0 Å². The minimum Gasteiger partial charge on any atom is -0.507 e. The Labute approximate surface area is 325 Å². The van der Waals surface area contributed by atoms with Gasteiger partial charge in [-0.3, -0.25) is 0 Å². The molecule has 0 atom stereocenters. The number of para-hydroxylation sites is 2. The zero-order valence-corrected chi connectivity index (χ0v) is 34.3. The number of hydrogen-bond acceptors (Lipinski definition) is 4. The van der Waals surface area contributed by atoms with Crippen LogP contribution in [0, 0.1) is 6.92 Å². The first kappa shape index (κ1) is 40.8. The molecule has 0 aliphatic carbocycles. The van der Waals surface area contributed by atoms with E-state index in [4.69, 9.17) is 8.23 Å². The molecule has 0 aromatic heterocycles. The first-order chi connectivity index (χ1) is 25.4. The number of aromatic hydroxyl groups is 2. The smallest absolute Gasteiger partial charge is 0.160 e. The third-order valence-corrected chi connectivity index (χ3v) is 11.4. The van der Waals surface area contributed by atoms with Gasteiger partial charge < -0.3 is 14.9 Å². The summed E-state index contributed by atoms with van der Waals surface area (Å²) in [4.78, 5) is 0. The maximum atomic E-state index is 10.5. The van der Waals surface area contributed by atoms with Gasteiger partial charge in [0.15, 0.2) is 11.5 Å². The van der Waals surface area contributed by atoms with Crippen LogP contribution in [0.25, 0.3) is 22.3 Å². The summed E-state index contributed by atoms with van der Waals surface area (Å²) in [6, 6.07) is 48.5. The Kier molecular flexibility index (Phi) is 15.2. The van der Waals surface area contributed by atoms with E-state index in [0.717, 1.165) is 27.8 Å². The summed E-state index contributed by atoms with van der Waals surface area (Å²) in [7, 11) is 1.54. The Morgan fingerprint density at radius 2 is 1.04 bits per heavy atom. The van der Waals surface area contributed by atoms with E-state index in [1.54, 1.807) is 6.07 Å². The number of hydrogen-bond donors (Lipinski definition) is 2. The van der Waals surface area contributed by atoms with Crippen molar-refractivity contribution in [3.05, 3.63) is 168 Å². The molecule has 5 heteroatoms.